The number of H-pyrrole nitrogens is 1. The standard InChI is InChI=1S/C30H31ClF2N6O/c31-21-12-19-27(26(33)24(21)20-13-34-23-5-1-4-22(32)25(20)23)36-29(40-16-30-8-2-10-39(30)11-3-9-30)37-28(19)38-14-17-6-7-18(15-38)35-17/h1,4-5,12-13,17-18,34-35H,2-3,6-11,14-16H2. The van der Waals surface area contributed by atoms with E-state index in [0.717, 1.165) is 64.7 Å². The van der Waals surface area contributed by atoms with Crippen molar-refractivity contribution in [2.24, 2.45) is 0 Å². The summed E-state index contributed by atoms with van der Waals surface area (Å²) in [5.41, 5.74) is 1.22. The van der Waals surface area contributed by atoms with Crippen LogP contribution in [0.4, 0.5) is 14.6 Å². The summed E-state index contributed by atoms with van der Waals surface area (Å²) in [7, 11) is 0. The molecule has 6 heterocycles. The maximum atomic E-state index is 16.6. The van der Waals surface area contributed by atoms with Crippen LogP contribution in [-0.4, -0.2) is 70.3 Å². The van der Waals surface area contributed by atoms with E-state index < -0.39 is 11.6 Å². The molecule has 2 aromatic carbocycles. The van der Waals surface area contributed by atoms with Crippen LogP contribution in [0.3, 0.4) is 0 Å². The lowest BCUT2D eigenvalue weighted by molar-refractivity contribution is 0.108. The summed E-state index contributed by atoms with van der Waals surface area (Å²) >= 11 is 6.78. The first-order valence-electron chi connectivity index (χ1n) is 14.3. The summed E-state index contributed by atoms with van der Waals surface area (Å²) < 4.78 is 37.8. The van der Waals surface area contributed by atoms with Crippen molar-refractivity contribution >= 4 is 39.2 Å². The van der Waals surface area contributed by atoms with Crippen LogP contribution < -0.4 is 15.0 Å². The highest BCUT2D eigenvalue weighted by Gasteiger charge is 2.45. The molecule has 208 valence electrons. The molecule has 10 heteroatoms. The molecule has 4 fully saturated rings. The van der Waals surface area contributed by atoms with Crippen molar-refractivity contribution in [1.29, 1.82) is 0 Å². The molecule has 0 radical (unpaired) electrons. The Bertz CT molecular complexity index is 1620. The van der Waals surface area contributed by atoms with Crippen LogP contribution in [0.25, 0.3) is 32.9 Å². The molecule has 4 aromatic rings. The van der Waals surface area contributed by atoms with E-state index in [2.05, 4.69) is 25.1 Å². The van der Waals surface area contributed by atoms with Gasteiger partial charge in [-0.1, -0.05) is 17.7 Å². The van der Waals surface area contributed by atoms with Crippen molar-refractivity contribution < 1.29 is 13.5 Å². The van der Waals surface area contributed by atoms with Crippen molar-refractivity contribution in [1.82, 2.24) is 25.2 Å². The predicted molar refractivity (Wildman–Crippen MR) is 152 cm³/mol. The van der Waals surface area contributed by atoms with Crippen LogP contribution in [0.1, 0.15) is 38.5 Å². The molecule has 4 aliphatic heterocycles. The summed E-state index contributed by atoms with van der Waals surface area (Å²) in [6.07, 6.45) is 8.33. The van der Waals surface area contributed by atoms with E-state index >= 15 is 4.39 Å². The lowest BCUT2D eigenvalue weighted by Gasteiger charge is -2.35. The number of aromatic amines is 1. The Morgan fingerprint density at radius 1 is 1.07 bits per heavy atom. The minimum atomic E-state index is -0.597. The number of ether oxygens (including phenoxy) is 1. The Morgan fingerprint density at radius 2 is 1.85 bits per heavy atom. The van der Waals surface area contributed by atoms with E-state index in [1.165, 1.54) is 6.07 Å². The molecule has 4 aliphatic rings. The number of anilines is 1. The fourth-order valence-corrected chi connectivity index (χ4v) is 7.97. The first-order chi connectivity index (χ1) is 19.5. The lowest BCUT2D eigenvalue weighted by atomic mass is 9.95. The number of piperazine rings is 1. The molecule has 2 aromatic heterocycles. The largest absolute Gasteiger partial charge is 0.461 e. The third kappa shape index (κ3) is 3.81. The van der Waals surface area contributed by atoms with Gasteiger partial charge < -0.3 is 19.9 Å². The minimum absolute atomic E-state index is 0.0118. The van der Waals surface area contributed by atoms with Gasteiger partial charge in [-0.25, -0.2) is 8.78 Å². The van der Waals surface area contributed by atoms with Gasteiger partial charge >= 0.3 is 6.01 Å². The average molecular weight is 565 g/mol. The molecule has 7 nitrogen and oxygen atoms in total. The zero-order valence-corrected chi connectivity index (χ0v) is 22.9. The number of aromatic nitrogens is 3. The van der Waals surface area contributed by atoms with Crippen molar-refractivity contribution in [2.45, 2.75) is 56.1 Å². The van der Waals surface area contributed by atoms with Gasteiger partial charge in [-0.3, -0.25) is 4.90 Å². The summed E-state index contributed by atoms with van der Waals surface area (Å²) in [5.74, 6) is -0.396. The summed E-state index contributed by atoms with van der Waals surface area (Å²) in [6, 6.07) is 7.39. The molecule has 2 atom stereocenters. The Hall–Kier alpha value is -3.01. The zero-order chi connectivity index (χ0) is 27.0. The van der Waals surface area contributed by atoms with E-state index in [9.17, 15) is 4.39 Å². The van der Waals surface area contributed by atoms with Gasteiger partial charge in [-0.05, 0) is 69.8 Å². The van der Waals surface area contributed by atoms with E-state index in [1.54, 1.807) is 24.4 Å². The maximum Gasteiger partial charge on any atom is 0.319 e. The smallest absolute Gasteiger partial charge is 0.319 e. The van der Waals surface area contributed by atoms with E-state index in [1.807, 2.05) is 0 Å². The molecule has 4 saturated heterocycles. The van der Waals surface area contributed by atoms with Crippen molar-refractivity contribution in [3.05, 3.63) is 47.1 Å². The Balaban J connectivity index is 1.27. The van der Waals surface area contributed by atoms with Gasteiger partial charge in [0.05, 0.1) is 10.6 Å². The summed E-state index contributed by atoms with van der Waals surface area (Å²) in [5, 5.41) is 4.69. The molecule has 0 amide bonds. The number of hydrogen-bond donors (Lipinski definition) is 2. The van der Waals surface area contributed by atoms with Gasteiger partial charge in [-0.15, -0.1) is 0 Å². The molecule has 0 aliphatic carbocycles. The van der Waals surface area contributed by atoms with Gasteiger partial charge in [0.25, 0.3) is 0 Å². The van der Waals surface area contributed by atoms with Crippen LogP contribution >= 0.6 is 11.6 Å². The van der Waals surface area contributed by atoms with Crippen LogP contribution in [0, 0.1) is 11.6 Å². The molecule has 2 unspecified atom stereocenters. The maximum absolute atomic E-state index is 16.6. The molecular weight excluding hydrogens is 534 g/mol. The lowest BCUT2D eigenvalue weighted by Crippen LogP contribution is -2.51. The molecule has 0 spiro atoms. The van der Waals surface area contributed by atoms with Crippen molar-refractivity contribution in [3.8, 4) is 17.1 Å². The normalized spacial score (nSPS) is 23.9. The molecular formula is C30H31ClF2N6O. The second-order valence-electron chi connectivity index (χ2n) is 11.9. The van der Waals surface area contributed by atoms with Gasteiger partial charge in [0.1, 0.15) is 23.8 Å². The second kappa shape index (κ2) is 9.26. The number of hydrogen-bond acceptors (Lipinski definition) is 6. The SMILES string of the molecule is Fc1c(-c2c[nH]c3cccc(F)c23)c(Cl)cc2c(N3CC4CCC(C3)N4)nc(OCC34CCCN3CCC4)nc12. The predicted octanol–water partition coefficient (Wildman–Crippen LogP) is 5.66. The number of rotatable bonds is 5. The highest BCUT2D eigenvalue weighted by molar-refractivity contribution is 6.35. The minimum Gasteiger partial charge on any atom is -0.461 e. The van der Waals surface area contributed by atoms with Crippen LogP contribution in [0.15, 0.2) is 30.5 Å². The number of benzene rings is 2. The van der Waals surface area contributed by atoms with Crippen LogP contribution in [0.5, 0.6) is 6.01 Å². The van der Waals surface area contributed by atoms with Gasteiger partial charge in [0.2, 0.25) is 0 Å². The average Bonchev–Trinajstić information content (AvgIpc) is 3.71. The van der Waals surface area contributed by atoms with Crippen LogP contribution in [-0.2, 0) is 0 Å². The molecule has 8 rings (SSSR count). The van der Waals surface area contributed by atoms with E-state index in [0.29, 0.717) is 46.4 Å². The number of halogens is 3. The fourth-order valence-electron chi connectivity index (χ4n) is 7.68. The summed E-state index contributed by atoms with van der Waals surface area (Å²) in [4.78, 5) is 17.3. The second-order valence-corrected chi connectivity index (χ2v) is 12.3. The first-order valence-corrected chi connectivity index (χ1v) is 14.7. The van der Waals surface area contributed by atoms with E-state index in [-0.39, 0.29) is 27.7 Å². The summed E-state index contributed by atoms with van der Waals surface area (Å²) in [6.45, 7) is 4.21. The third-order valence-electron chi connectivity index (χ3n) is 9.56. The first kappa shape index (κ1) is 24.8. The number of fused-ring (bicyclic) bond motifs is 5. The van der Waals surface area contributed by atoms with Gasteiger partial charge in [-0.2, -0.15) is 9.97 Å². The number of nitrogens with zero attached hydrogens (tertiary/aromatic N) is 4. The number of nitrogens with one attached hydrogen (secondary N) is 2. The Kier molecular flexibility index (Phi) is 5.73. The Labute approximate surface area is 235 Å². The molecule has 2 bridgehead atoms. The topological polar surface area (TPSA) is 69.3 Å². The Morgan fingerprint density at radius 3 is 2.62 bits per heavy atom. The van der Waals surface area contributed by atoms with E-state index in [4.69, 9.17) is 21.3 Å². The third-order valence-corrected chi connectivity index (χ3v) is 9.86. The molecule has 2 N–H and O–H groups in total. The quantitative estimate of drug-likeness (QED) is 0.326. The zero-order valence-electron chi connectivity index (χ0n) is 22.2. The van der Waals surface area contributed by atoms with Gasteiger partial charge in [0, 0.05) is 58.8 Å². The highest BCUT2D eigenvalue weighted by atomic mass is 35.5. The van der Waals surface area contributed by atoms with Crippen molar-refractivity contribution in [3.63, 3.8) is 0 Å². The van der Waals surface area contributed by atoms with Crippen molar-refractivity contribution in [2.75, 3.05) is 37.7 Å². The van der Waals surface area contributed by atoms with Crippen LogP contribution in [0.2, 0.25) is 5.02 Å². The fraction of sp³-hybridized carbons (Fsp3) is 0.467. The highest BCUT2D eigenvalue weighted by Crippen LogP contribution is 2.43. The van der Waals surface area contributed by atoms with Gasteiger partial charge in [0.15, 0.2) is 5.82 Å². The molecule has 0 saturated carbocycles. The monoisotopic (exact) mass is 564 g/mol. The molecule has 40 heavy (non-hydrogen) atoms.